The third kappa shape index (κ3) is 5.17. The van der Waals surface area contributed by atoms with E-state index in [0.717, 1.165) is 32.1 Å². The van der Waals surface area contributed by atoms with Gasteiger partial charge in [-0.1, -0.05) is 32.8 Å². The number of rotatable bonds is 11. The molecule has 0 aromatic heterocycles. The van der Waals surface area contributed by atoms with Crippen LogP contribution in [0.3, 0.4) is 0 Å². The van der Waals surface area contributed by atoms with E-state index in [1.165, 1.54) is 0 Å². The highest BCUT2D eigenvalue weighted by Gasteiger charge is 2.45. The van der Waals surface area contributed by atoms with Gasteiger partial charge in [-0.15, -0.1) is 6.58 Å². The fourth-order valence-corrected chi connectivity index (χ4v) is 2.44. The molecule has 0 aliphatic carbocycles. The van der Waals surface area contributed by atoms with Crippen LogP contribution in [0, 0.1) is 0 Å². The molecule has 4 nitrogen and oxygen atoms in total. The molecule has 1 saturated heterocycles. The Morgan fingerprint density at radius 3 is 2.05 bits per heavy atom. The van der Waals surface area contributed by atoms with Crippen molar-refractivity contribution in [1.29, 1.82) is 0 Å². The Labute approximate surface area is 123 Å². The number of ether oxygens (including phenoxy) is 3. The summed E-state index contributed by atoms with van der Waals surface area (Å²) in [5.74, 6) is 0. The summed E-state index contributed by atoms with van der Waals surface area (Å²) in [6, 6.07) is 0. The second-order valence-corrected chi connectivity index (χ2v) is 5.30. The van der Waals surface area contributed by atoms with Gasteiger partial charge in [-0.3, -0.25) is 0 Å². The van der Waals surface area contributed by atoms with Crippen LogP contribution in [0.1, 0.15) is 46.0 Å². The van der Waals surface area contributed by atoms with Gasteiger partial charge in [-0.2, -0.15) is 0 Å². The zero-order valence-corrected chi connectivity index (χ0v) is 12.9. The van der Waals surface area contributed by atoms with Crippen LogP contribution >= 0.6 is 0 Å². The summed E-state index contributed by atoms with van der Waals surface area (Å²) in [4.78, 5) is 0. The second-order valence-electron chi connectivity index (χ2n) is 5.30. The third-order valence-corrected chi connectivity index (χ3v) is 3.60. The van der Waals surface area contributed by atoms with Gasteiger partial charge in [0.1, 0.15) is 18.3 Å². The van der Waals surface area contributed by atoms with E-state index in [1.54, 1.807) is 0 Å². The summed E-state index contributed by atoms with van der Waals surface area (Å²) in [7, 11) is 0. The van der Waals surface area contributed by atoms with Crippen molar-refractivity contribution in [3.05, 3.63) is 12.7 Å². The van der Waals surface area contributed by atoms with Crippen LogP contribution in [0.25, 0.3) is 0 Å². The fraction of sp³-hybridized carbons (Fsp3) is 0.875. The van der Waals surface area contributed by atoms with Crippen molar-refractivity contribution in [1.82, 2.24) is 0 Å². The number of aliphatic hydroxyl groups excluding tert-OH is 1. The van der Waals surface area contributed by atoms with Crippen molar-refractivity contribution in [2.75, 3.05) is 19.8 Å². The Hall–Kier alpha value is -0.420. The van der Waals surface area contributed by atoms with E-state index in [9.17, 15) is 5.11 Å². The first kappa shape index (κ1) is 17.6. The van der Waals surface area contributed by atoms with Gasteiger partial charge >= 0.3 is 0 Å². The maximum atomic E-state index is 9.48. The predicted molar refractivity (Wildman–Crippen MR) is 79.9 cm³/mol. The van der Waals surface area contributed by atoms with Crippen LogP contribution in [0.2, 0.25) is 0 Å². The highest BCUT2D eigenvalue weighted by Crippen LogP contribution is 2.29. The van der Waals surface area contributed by atoms with Crippen LogP contribution in [-0.2, 0) is 14.2 Å². The third-order valence-electron chi connectivity index (χ3n) is 3.60. The molecule has 0 aromatic carbocycles. The van der Waals surface area contributed by atoms with Crippen LogP contribution in [-0.4, -0.2) is 49.3 Å². The molecule has 4 atom stereocenters. The molecule has 0 radical (unpaired) electrons. The summed E-state index contributed by atoms with van der Waals surface area (Å²) in [5.41, 5.74) is 0. The van der Waals surface area contributed by atoms with Crippen molar-refractivity contribution in [3.63, 3.8) is 0 Å². The first-order chi connectivity index (χ1) is 9.78. The van der Waals surface area contributed by atoms with Gasteiger partial charge in [0.05, 0.1) is 12.7 Å². The summed E-state index contributed by atoms with van der Waals surface area (Å²) in [5, 5.41) is 9.48. The Bertz CT molecular complexity index is 257. The number of hydrogen-bond donors (Lipinski definition) is 1. The summed E-state index contributed by atoms with van der Waals surface area (Å²) in [6.07, 6.45) is 6.17. The van der Waals surface area contributed by atoms with E-state index in [0.29, 0.717) is 13.2 Å². The highest BCUT2D eigenvalue weighted by molar-refractivity contribution is 4.95. The van der Waals surface area contributed by atoms with E-state index < -0.39 is 0 Å². The number of aliphatic hydroxyl groups is 1. The molecule has 0 aromatic rings. The average Bonchev–Trinajstić information content (AvgIpc) is 2.78. The van der Waals surface area contributed by atoms with Crippen LogP contribution < -0.4 is 0 Å². The molecule has 4 heteroatoms. The Balaban J connectivity index is 2.61. The smallest absolute Gasteiger partial charge is 0.115 e. The summed E-state index contributed by atoms with van der Waals surface area (Å²) >= 11 is 0. The Morgan fingerprint density at radius 1 is 1.05 bits per heavy atom. The van der Waals surface area contributed by atoms with Crippen LogP contribution in [0.4, 0.5) is 0 Å². The van der Waals surface area contributed by atoms with E-state index in [1.807, 2.05) is 6.08 Å². The average molecular weight is 286 g/mol. The van der Waals surface area contributed by atoms with Gasteiger partial charge in [0.15, 0.2) is 0 Å². The summed E-state index contributed by atoms with van der Waals surface area (Å²) in [6.45, 7) is 9.41. The van der Waals surface area contributed by atoms with Gasteiger partial charge in [0, 0.05) is 13.2 Å². The van der Waals surface area contributed by atoms with E-state index in [-0.39, 0.29) is 31.0 Å². The molecule has 1 heterocycles. The largest absolute Gasteiger partial charge is 0.394 e. The molecule has 1 N–H and O–H groups in total. The van der Waals surface area contributed by atoms with Crippen molar-refractivity contribution in [2.24, 2.45) is 0 Å². The predicted octanol–water partition coefficient (Wildman–Crippen LogP) is 2.69. The molecule has 0 unspecified atom stereocenters. The quantitative estimate of drug-likeness (QED) is 0.468. The van der Waals surface area contributed by atoms with E-state index in [4.69, 9.17) is 14.2 Å². The molecule has 1 aliphatic heterocycles. The number of hydrogen-bond acceptors (Lipinski definition) is 4. The molecule has 1 fully saturated rings. The van der Waals surface area contributed by atoms with Crippen molar-refractivity contribution < 1.29 is 19.3 Å². The standard InChI is InChI=1S/C16H30O4/c1-4-7-10-18-15-13(9-6-3)20-14(12-17)16(15)19-11-8-5-2/h6,13-17H,3-5,7-12H2,1-2H3/t13-,14-,15+,16-/m1/s1. The van der Waals surface area contributed by atoms with Crippen molar-refractivity contribution >= 4 is 0 Å². The number of unbranched alkanes of at least 4 members (excludes halogenated alkanes) is 2. The molecule has 0 bridgehead atoms. The Morgan fingerprint density at radius 2 is 1.60 bits per heavy atom. The summed E-state index contributed by atoms with van der Waals surface area (Å²) < 4.78 is 17.8. The molecule has 1 rings (SSSR count). The maximum Gasteiger partial charge on any atom is 0.115 e. The molecule has 118 valence electrons. The van der Waals surface area contributed by atoms with Crippen molar-refractivity contribution in [2.45, 2.75) is 70.4 Å². The lowest BCUT2D eigenvalue weighted by atomic mass is 10.1. The molecular formula is C16H30O4. The molecule has 0 spiro atoms. The zero-order chi connectivity index (χ0) is 14.8. The normalized spacial score (nSPS) is 29.8. The van der Waals surface area contributed by atoms with Crippen molar-refractivity contribution in [3.8, 4) is 0 Å². The zero-order valence-electron chi connectivity index (χ0n) is 12.9. The maximum absolute atomic E-state index is 9.48. The fourth-order valence-electron chi connectivity index (χ4n) is 2.44. The van der Waals surface area contributed by atoms with Crippen LogP contribution in [0.15, 0.2) is 12.7 Å². The first-order valence-electron chi connectivity index (χ1n) is 7.88. The molecule has 20 heavy (non-hydrogen) atoms. The minimum Gasteiger partial charge on any atom is -0.394 e. The van der Waals surface area contributed by atoms with Crippen LogP contribution in [0.5, 0.6) is 0 Å². The van der Waals surface area contributed by atoms with Gasteiger partial charge < -0.3 is 19.3 Å². The monoisotopic (exact) mass is 286 g/mol. The lowest BCUT2D eigenvalue weighted by Gasteiger charge is -2.24. The van der Waals surface area contributed by atoms with Gasteiger partial charge in [-0.05, 0) is 19.3 Å². The SMILES string of the molecule is C=CC[C@H]1O[C@H](CO)[C@@H](OCCCC)[C@H]1OCCCC. The first-order valence-corrected chi connectivity index (χ1v) is 7.88. The van der Waals surface area contributed by atoms with E-state index in [2.05, 4.69) is 20.4 Å². The molecule has 1 aliphatic rings. The molecule has 0 saturated carbocycles. The molecular weight excluding hydrogens is 256 g/mol. The van der Waals surface area contributed by atoms with E-state index >= 15 is 0 Å². The van der Waals surface area contributed by atoms with Gasteiger partial charge in [0.25, 0.3) is 0 Å². The van der Waals surface area contributed by atoms with Gasteiger partial charge in [-0.25, -0.2) is 0 Å². The lowest BCUT2D eigenvalue weighted by molar-refractivity contribution is -0.0728. The highest BCUT2D eigenvalue weighted by atomic mass is 16.6. The molecule has 0 amide bonds. The van der Waals surface area contributed by atoms with Gasteiger partial charge in [0.2, 0.25) is 0 Å². The minimum absolute atomic E-state index is 0.0297. The topological polar surface area (TPSA) is 47.9 Å². The second kappa shape index (κ2) is 10.3. The lowest BCUT2D eigenvalue weighted by Crippen LogP contribution is -2.39. The minimum atomic E-state index is -0.288. The Kier molecular flexibility index (Phi) is 9.10.